The summed E-state index contributed by atoms with van der Waals surface area (Å²) in [5.41, 5.74) is 0.678. The van der Waals surface area contributed by atoms with Crippen LogP contribution >= 0.6 is 12.2 Å². The van der Waals surface area contributed by atoms with Gasteiger partial charge in [-0.25, -0.2) is 4.79 Å². The van der Waals surface area contributed by atoms with Gasteiger partial charge >= 0.3 is 5.97 Å². The second-order valence-electron chi connectivity index (χ2n) is 4.91. The Morgan fingerprint density at radius 2 is 1.82 bits per heavy atom. The molecule has 0 saturated carbocycles. The molecule has 7 heteroatoms. The SMILES string of the molecule is COc1cc(C(=S)N2CCC[C@H]2C(=O)O)cc(OC)c1OC. The summed E-state index contributed by atoms with van der Waals surface area (Å²) < 4.78 is 15.9. The van der Waals surface area contributed by atoms with Crippen LogP contribution in [0.4, 0.5) is 0 Å². The van der Waals surface area contributed by atoms with Crippen molar-refractivity contribution in [2.24, 2.45) is 0 Å². The summed E-state index contributed by atoms with van der Waals surface area (Å²) in [4.78, 5) is 13.5. The van der Waals surface area contributed by atoms with Crippen molar-refractivity contribution in [3.05, 3.63) is 17.7 Å². The maximum Gasteiger partial charge on any atom is 0.326 e. The number of benzene rings is 1. The second-order valence-corrected chi connectivity index (χ2v) is 5.30. The summed E-state index contributed by atoms with van der Waals surface area (Å²) >= 11 is 5.48. The smallest absolute Gasteiger partial charge is 0.326 e. The highest BCUT2D eigenvalue weighted by atomic mass is 32.1. The number of carbonyl (C=O) groups is 1. The van der Waals surface area contributed by atoms with Crippen molar-refractivity contribution < 1.29 is 24.1 Å². The topological polar surface area (TPSA) is 68.2 Å². The van der Waals surface area contributed by atoms with Gasteiger partial charge in [-0.15, -0.1) is 0 Å². The highest BCUT2D eigenvalue weighted by Crippen LogP contribution is 2.39. The van der Waals surface area contributed by atoms with E-state index in [-0.39, 0.29) is 0 Å². The van der Waals surface area contributed by atoms with E-state index < -0.39 is 12.0 Å². The highest BCUT2D eigenvalue weighted by molar-refractivity contribution is 7.80. The van der Waals surface area contributed by atoms with Gasteiger partial charge in [0.1, 0.15) is 11.0 Å². The van der Waals surface area contributed by atoms with Crippen molar-refractivity contribution in [1.29, 1.82) is 0 Å². The summed E-state index contributed by atoms with van der Waals surface area (Å²) in [7, 11) is 4.58. The Kier molecular flexibility index (Phi) is 5.07. The molecule has 1 aromatic carbocycles. The molecule has 0 unspecified atom stereocenters. The van der Waals surface area contributed by atoms with E-state index in [0.29, 0.717) is 40.8 Å². The first-order chi connectivity index (χ1) is 10.5. The molecule has 0 aromatic heterocycles. The number of rotatable bonds is 5. The van der Waals surface area contributed by atoms with E-state index in [2.05, 4.69) is 0 Å². The van der Waals surface area contributed by atoms with E-state index in [0.717, 1.165) is 6.42 Å². The molecule has 0 spiro atoms. The number of carboxylic acid groups (broad SMARTS) is 1. The standard InChI is InChI=1S/C15H19NO5S/c1-19-11-7-9(8-12(20-2)13(11)21-3)14(22)16-6-4-5-10(16)15(17)18/h7-8,10H,4-6H2,1-3H3,(H,17,18)/t10-/m0/s1. The molecule has 120 valence electrons. The third-order valence-electron chi connectivity index (χ3n) is 3.71. The van der Waals surface area contributed by atoms with Gasteiger partial charge in [-0.3, -0.25) is 0 Å². The fraction of sp³-hybridized carbons (Fsp3) is 0.467. The van der Waals surface area contributed by atoms with E-state index in [1.807, 2.05) is 0 Å². The zero-order valence-corrected chi connectivity index (χ0v) is 13.6. The summed E-state index contributed by atoms with van der Waals surface area (Å²) in [6.07, 6.45) is 1.40. The van der Waals surface area contributed by atoms with E-state index >= 15 is 0 Å². The first-order valence-corrected chi connectivity index (χ1v) is 7.28. The van der Waals surface area contributed by atoms with Crippen LogP contribution in [-0.2, 0) is 4.79 Å². The van der Waals surface area contributed by atoms with E-state index in [1.165, 1.54) is 21.3 Å². The fourth-order valence-corrected chi connectivity index (χ4v) is 2.97. The van der Waals surface area contributed by atoms with Crippen molar-refractivity contribution in [3.63, 3.8) is 0 Å². The maximum absolute atomic E-state index is 11.3. The van der Waals surface area contributed by atoms with Crippen LogP contribution in [-0.4, -0.2) is 54.9 Å². The second kappa shape index (κ2) is 6.83. The lowest BCUT2D eigenvalue weighted by atomic mass is 10.1. The zero-order chi connectivity index (χ0) is 16.3. The van der Waals surface area contributed by atoms with Gasteiger partial charge in [-0.05, 0) is 25.0 Å². The summed E-state index contributed by atoms with van der Waals surface area (Å²) in [6.45, 7) is 0.631. The summed E-state index contributed by atoms with van der Waals surface area (Å²) in [5.74, 6) is 0.607. The number of methoxy groups -OCH3 is 3. The molecule has 0 amide bonds. The van der Waals surface area contributed by atoms with Crippen molar-refractivity contribution in [2.75, 3.05) is 27.9 Å². The molecule has 22 heavy (non-hydrogen) atoms. The minimum Gasteiger partial charge on any atom is -0.493 e. The first kappa shape index (κ1) is 16.4. The molecule has 1 atom stereocenters. The largest absolute Gasteiger partial charge is 0.493 e. The monoisotopic (exact) mass is 325 g/mol. The van der Waals surface area contributed by atoms with Gasteiger partial charge < -0.3 is 24.2 Å². The molecule has 1 heterocycles. The van der Waals surface area contributed by atoms with Crippen molar-refractivity contribution in [2.45, 2.75) is 18.9 Å². The molecular weight excluding hydrogens is 306 g/mol. The van der Waals surface area contributed by atoms with Gasteiger partial charge in [0.15, 0.2) is 11.5 Å². The predicted octanol–water partition coefficient (Wildman–Crippen LogP) is 1.94. The lowest BCUT2D eigenvalue weighted by molar-refractivity contribution is -0.140. The Morgan fingerprint density at radius 1 is 1.23 bits per heavy atom. The van der Waals surface area contributed by atoms with Crippen LogP contribution < -0.4 is 14.2 Å². The van der Waals surface area contributed by atoms with E-state index in [9.17, 15) is 9.90 Å². The molecule has 0 bridgehead atoms. The summed E-state index contributed by atoms with van der Waals surface area (Å²) in [5, 5.41) is 9.29. The van der Waals surface area contributed by atoms with Crippen LogP contribution in [0.25, 0.3) is 0 Å². The number of hydrogen-bond acceptors (Lipinski definition) is 5. The molecule has 6 nitrogen and oxygen atoms in total. The van der Waals surface area contributed by atoms with Gasteiger partial charge in [0, 0.05) is 12.1 Å². The number of likely N-dealkylation sites (tertiary alicyclic amines) is 1. The number of carboxylic acids is 1. The van der Waals surface area contributed by atoms with E-state index in [4.69, 9.17) is 26.4 Å². The summed E-state index contributed by atoms with van der Waals surface area (Å²) in [6, 6.07) is 2.90. The Balaban J connectivity index is 2.39. The number of nitrogens with zero attached hydrogens (tertiary/aromatic N) is 1. The third-order valence-corrected chi connectivity index (χ3v) is 4.18. The van der Waals surface area contributed by atoms with Gasteiger partial charge in [-0.2, -0.15) is 0 Å². The van der Waals surface area contributed by atoms with Crippen LogP contribution in [0.1, 0.15) is 18.4 Å². The third kappa shape index (κ3) is 2.94. The van der Waals surface area contributed by atoms with Gasteiger partial charge in [0.05, 0.1) is 21.3 Å². The Hall–Kier alpha value is -2.02. The maximum atomic E-state index is 11.3. The zero-order valence-electron chi connectivity index (χ0n) is 12.8. The highest BCUT2D eigenvalue weighted by Gasteiger charge is 2.33. The molecule has 0 aliphatic carbocycles. The Labute approximate surface area is 134 Å². The van der Waals surface area contributed by atoms with Gasteiger partial charge in [-0.1, -0.05) is 12.2 Å². The molecule has 1 N–H and O–H groups in total. The van der Waals surface area contributed by atoms with Crippen molar-refractivity contribution in [3.8, 4) is 17.2 Å². The van der Waals surface area contributed by atoms with E-state index in [1.54, 1.807) is 17.0 Å². The van der Waals surface area contributed by atoms with Gasteiger partial charge in [0.25, 0.3) is 0 Å². The first-order valence-electron chi connectivity index (χ1n) is 6.87. The average molecular weight is 325 g/mol. The van der Waals surface area contributed by atoms with Crippen LogP contribution in [0.15, 0.2) is 12.1 Å². The lowest BCUT2D eigenvalue weighted by Gasteiger charge is -2.25. The Bertz CT molecular complexity index is 564. The fourth-order valence-electron chi connectivity index (χ4n) is 2.64. The molecule has 1 aliphatic rings. The molecule has 0 radical (unpaired) electrons. The number of hydrogen-bond donors (Lipinski definition) is 1. The molecular formula is C15H19NO5S. The normalized spacial score (nSPS) is 17.2. The molecule has 1 fully saturated rings. The number of thiocarbonyl (C=S) groups is 1. The van der Waals surface area contributed by atoms with Crippen LogP contribution in [0.2, 0.25) is 0 Å². The molecule has 1 aromatic rings. The quantitative estimate of drug-likeness (QED) is 0.830. The number of ether oxygens (including phenoxy) is 3. The minimum atomic E-state index is -0.854. The molecule has 1 saturated heterocycles. The van der Waals surface area contributed by atoms with Crippen LogP contribution in [0.5, 0.6) is 17.2 Å². The van der Waals surface area contributed by atoms with Gasteiger partial charge in [0.2, 0.25) is 5.75 Å². The number of aliphatic carboxylic acids is 1. The van der Waals surface area contributed by atoms with Crippen LogP contribution in [0, 0.1) is 0 Å². The minimum absolute atomic E-state index is 0.476. The average Bonchev–Trinajstić information content (AvgIpc) is 3.02. The predicted molar refractivity (Wildman–Crippen MR) is 85.2 cm³/mol. The lowest BCUT2D eigenvalue weighted by Crippen LogP contribution is -2.39. The Morgan fingerprint density at radius 3 is 2.27 bits per heavy atom. The van der Waals surface area contributed by atoms with Crippen molar-refractivity contribution >= 4 is 23.2 Å². The molecule has 2 rings (SSSR count). The molecule has 1 aliphatic heterocycles. The van der Waals surface area contributed by atoms with Crippen molar-refractivity contribution in [1.82, 2.24) is 4.90 Å². The van der Waals surface area contributed by atoms with Crippen LogP contribution in [0.3, 0.4) is 0 Å².